The molecule has 0 fully saturated rings. The number of aromatic nitrogens is 1. The predicted molar refractivity (Wildman–Crippen MR) is 108 cm³/mol. The van der Waals surface area contributed by atoms with Crippen LogP contribution in [0.15, 0.2) is 34.6 Å². The second-order valence-corrected chi connectivity index (χ2v) is 8.00. The van der Waals surface area contributed by atoms with E-state index in [0.29, 0.717) is 0 Å². The van der Waals surface area contributed by atoms with Crippen molar-refractivity contribution in [3.8, 4) is 5.75 Å². The molecule has 0 radical (unpaired) electrons. The highest BCUT2D eigenvalue weighted by atomic mass is 19.4. The molecule has 0 saturated heterocycles. The second-order valence-electron chi connectivity index (χ2n) is 8.00. The Kier molecular flexibility index (Phi) is 4.53. The molecule has 12 heteroatoms. The van der Waals surface area contributed by atoms with Gasteiger partial charge in [0.2, 0.25) is 5.78 Å². The third-order valence-corrected chi connectivity index (χ3v) is 6.14. The third kappa shape index (κ3) is 3.05. The van der Waals surface area contributed by atoms with Crippen LogP contribution < -0.4 is 15.6 Å². The van der Waals surface area contributed by atoms with Crippen molar-refractivity contribution >= 4 is 28.9 Å². The Hall–Kier alpha value is -3.93. The van der Waals surface area contributed by atoms with Gasteiger partial charge in [-0.2, -0.15) is 0 Å². The average Bonchev–Trinajstić information content (AvgIpc) is 3.25. The van der Waals surface area contributed by atoms with E-state index in [0.717, 1.165) is 16.7 Å². The predicted octanol–water partition coefficient (Wildman–Crippen LogP) is 2.00. The van der Waals surface area contributed by atoms with Gasteiger partial charge in [0, 0.05) is 22.8 Å². The monoisotopic (exact) mass is 476 g/mol. The number of carbonyl (C=O) groups is 3. The number of hydrogen-bond acceptors (Lipinski definition) is 7. The molecule has 5 rings (SSSR count). The Morgan fingerprint density at radius 1 is 1.21 bits per heavy atom. The Balaban J connectivity index is 1.62. The minimum Gasteiger partial charge on any atom is -0.458 e. The first kappa shape index (κ1) is 21.9. The lowest BCUT2D eigenvalue weighted by Crippen LogP contribution is -2.44. The van der Waals surface area contributed by atoms with Crippen LogP contribution >= 0.6 is 0 Å². The maximum atomic E-state index is 13.2. The number of ether oxygens (including phenoxy) is 2. The fraction of sp³-hybridized carbons (Fsp3) is 0.273. The zero-order valence-electron chi connectivity index (χ0n) is 17.4. The molecule has 0 spiro atoms. The summed E-state index contributed by atoms with van der Waals surface area (Å²) < 4.78 is 47.5. The van der Waals surface area contributed by atoms with Crippen LogP contribution in [-0.4, -0.2) is 33.7 Å². The standard InChI is InChI=1S/C22H15F3N2O7/c1-2-21(32)13-6-15-17(28)11(7-27(15)19(30)12(13)8-33-20(21)31)16-10-4-3-9(34-22(23,24)25)5-14(10)26-18(16)29/h3-6,32H,2,7-8H2,1H3,(H,26,29)/b16-11-/t21-/m0/s1. The van der Waals surface area contributed by atoms with Crippen molar-refractivity contribution in [1.82, 2.24) is 4.57 Å². The van der Waals surface area contributed by atoms with Crippen LogP contribution in [0.25, 0.3) is 5.57 Å². The van der Waals surface area contributed by atoms with E-state index in [1.807, 2.05) is 0 Å². The van der Waals surface area contributed by atoms with Crippen LogP contribution in [0.5, 0.6) is 5.75 Å². The van der Waals surface area contributed by atoms with Gasteiger partial charge in [0.25, 0.3) is 11.5 Å². The van der Waals surface area contributed by atoms with Crippen LogP contribution in [0, 0.1) is 0 Å². The number of pyridine rings is 1. The number of Topliss-reactive ketones (excluding diaryl/α,β-unsaturated/α-hetero) is 1. The van der Waals surface area contributed by atoms with Crippen LogP contribution in [0.2, 0.25) is 0 Å². The van der Waals surface area contributed by atoms with E-state index in [2.05, 4.69) is 10.1 Å². The fourth-order valence-electron chi connectivity index (χ4n) is 4.47. The number of nitrogens with one attached hydrogen (secondary N) is 1. The molecule has 1 atom stereocenters. The minimum atomic E-state index is -4.92. The van der Waals surface area contributed by atoms with Crippen molar-refractivity contribution in [3.63, 3.8) is 0 Å². The highest BCUT2D eigenvalue weighted by Crippen LogP contribution is 2.41. The molecule has 0 bridgehead atoms. The van der Waals surface area contributed by atoms with Crippen molar-refractivity contribution in [1.29, 1.82) is 0 Å². The first-order valence-electron chi connectivity index (χ1n) is 10.1. The van der Waals surface area contributed by atoms with Crippen LogP contribution in [0.4, 0.5) is 18.9 Å². The van der Waals surface area contributed by atoms with Crippen molar-refractivity contribution < 1.29 is 42.1 Å². The summed E-state index contributed by atoms with van der Waals surface area (Å²) in [6.07, 6.45) is -5.02. The molecule has 1 amide bonds. The summed E-state index contributed by atoms with van der Waals surface area (Å²) in [5.41, 5.74) is -2.80. The van der Waals surface area contributed by atoms with Crippen molar-refractivity contribution in [2.45, 2.75) is 38.5 Å². The number of cyclic esters (lactones) is 1. The number of ketones is 1. The van der Waals surface area contributed by atoms with Gasteiger partial charge in [-0.25, -0.2) is 4.79 Å². The summed E-state index contributed by atoms with van der Waals surface area (Å²) in [7, 11) is 0. The summed E-state index contributed by atoms with van der Waals surface area (Å²) in [5.74, 6) is -2.88. The van der Waals surface area contributed by atoms with Gasteiger partial charge in [-0.1, -0.05) is 6.92 Å². The zero-order chi connectivity index (χ0) is 24.6. The number of rotatable bonds is 2. The quantitative estimate of drug-likeness (QED) is 0.502. The van der Waals surface area contributed by atoms with Crippen molar-refractivity contribution in [2.24, 2.45) is 0 Å². The molecule has 0 saturated carbocycles. The lowest BCUT2D eigenvalue weighted by atomic mass is 9.86. The molecule has 9 nitrogen and oxygen atoms in total. The smallest absolute Gasteiger partial charge is 0.458 e. The van der Waals surface area contributed by atoms with E-state index < -0.39 is 40.9 Å². The number of amides is 1. The van der Waals surface area contributed by atoms with Gasteiger partial charge in [0.1, 0.15) is 12.4 Å². The first-order chi connectivity index (χ1) is 15.9. The molecule has 4 heterocycles. The largest absolute Gasteiger partial charge is 0.573 e. The molecular formula is C22H15F3N2O7. The molecule has 34 heavy (non-hydrogen) atoms. The molecule has 2 aromatic rings. The number of fused-ring (bicyclic) bond motifs is 3. The second kappa shape index (κ2) is 7.03. The molecule has 0 unspecified atom stereocenters. The number of anilines is 1. The molecule has 0 aliphatic carbocycles. The number of halogens is 3. The van der Waals surface area contributed by atoms with Gasteiger partial charge >= 0.3 is 12.3 Å². The minimum absolute atomic E-state index is 0.0176. The molecule has 1 aromatic heterocycles. The number of nitrogens with zero attached hydrogens (tertiary/aromatic N) is 1. The number of allylic oxidation sites excluding steroid dienone is 1. The Morgan fingerprint density at radius 3 is 2.62 bits per heavy atom. The van der Waals surface area contributed by atoms with Crippen LogP contribution in [0.3, 0.4) is 0 Å². The summed E-state index contributed by atoms with van der Waals surface area (Å²) >= 11 is 0. The highest BCUT2D eigenvalue weighted by Gasteiger charge is 2.46. The molecule has 2 N–H and O–H groups in total. The Labute approximate surface area is 188 Å². The molecular weight excluding hydrogens is 461 g/mol. The summed E-state index contributed by atoms with van der Waals surface area (Å²) in [5, 5.41) is 13.2. The number of aliphatic hydroxyl groups is 1. The van der Waals surface area contributed by atoms with Crippen molar-refractivity contribution in [3.05, 3.63) is 62.6 Å². The zero-order valence-corrected chi connectivity index (χ0v) is 17.4. The van der Waals surface area contributed by atoms with Gasteiger partial charge in [0.05, 0.1) is 29.1 Å². The number of esters is 1. The molecule has 3 aliphatic rings. The molecule has 1 aromatic carbocycles. The third-order valence-electron chi connectivity index (χ3n) is 6.14. The number of carbonyl (C=O) groups excluding carboxylic acids is 3. The normalized spacial score (nSPS) is 23.3. The summed E-state index contributed by atoms with van der Waals surface area (Å²) in [6.45, 7) is 0.871. The van der Waals surface area contributed by atoms with E-state index in [-0.39, 0.29) is 58.8 Å². The maximum Gasteiger partial charge on any atom is 0.573 e. The lowest BCUT2D eigenvalue weighted by Gasteiger charge is -2.31. The number of benzene rings is 1. The SMILES string of the molecule is CC[C@@]1(O)C(=O)OCc2c1cc1n(c2=O)C/C(=C2/C(=O)Nc3cc(OC(F)(F)F)ccc32)C1=O. The first-order valence-corrected chi connectivity index (χ1v) is 10.1. The Bertz CT molecular complexity index is 1410. The number of alkyl halides is 3. The maximum absolute atomic E-state index is 13.2. The summed E-state index contributed by atoms with van der Waals surface area (Å²) in [4.78, 5) is 51.2. The molecule has 176 valence electrons. The van der Waals surface area contributed by atoms with Gasteiger partial charge in [-0.05, 0) is 24.6 Å². The highest BCUT2D eigenvalue weighted by molar-refractivity contribution is 6.37. The van der Waals surface area contributed by atoms with Crippen molar-refractivity contribution in [2.75, 3.05) is 5.32 Å². The van der Waals surface area contributed by atoms with E-state index >= 15 is 0 Å². The van der Waals surface area contributed by atoms with E-state index in [9.17, 15) is 37.5 Å². The van der Waals surface area contributed by atoms with Gasteiger partial charge in [-0.3, -0.25) is 14.4 Å². The van der Waals surface area contributed by atoms with Crippen LogP contribution in [0.1, 0.15) is 40.5 Å². The molecule has 3 aliphatic heterocycles. The van der Waals surface area contributed by atoms with E-state index in [1.54, 1.807) is 0 Å². The summed E-state index contributed by atoms with van der Waals surface area (Å²) in [6, 6.07) is 4.46. The fourth-order valence-corrected chi connectivity index (χ4v) is 4.47. The average molecular weight is 476 g/mol. The lowest BCUT2D eigenvalue weighted by molar-refractivity contribution is -0.274. The Morgan fingerprint density at radius 2 is 1.94 bits per heavy atom. The van der Waals surface area contributed by atoms with Gasteiger partial charge < -0.3 is 24.5 Å². The van der Waals surface area contributed by atoms with Gasteiger partial charge in [-0.15, -0.1) is 13.2 Å². The van der Waals surface area contributed by atoms with E-state index in [1.165, 1.54) is 19.1 Å². The topological polar surface area (TPSA) is 124 Å². The number of hydrogen-bond donors (Lipinski definition) is 2. The van der Waals surface area contributed by atoms with Gasteiger partial charge in [0.15, 0.2) is 5.60 Å². The van der Waals surface area contributed by atoms with E-state index in [4.69, 9.17) is 4.74 Å². The van der Waals surface area contributed by atoms with Crippen LogP contribution in [-0.2, 0) is 33.1 Å².